The minimum Gasteiger partial charge on any atom is -0.484 e. The first-order chi connectivity index (χ1) is 13.4. The summed E-state index contributed by atoms with van der Waals surface area (Å²) in [6.45, 7) is 1.83. The average Bonchev–Trinajstić information content (AvgIpc) is 2.66. The number of terminal acetylenes is 1. The van der Waals surface area contributed by atoms with Gasteiger partial charge in [0.1, 0.15) is 5.75 Å². The van der Waals surface area contributed by atoms with Crippen LogP contribution >= 0.6 is 11.6 Å². The molecular weight excluding hydrogens is 376 g/mol. The van der Waals surface area contributed by atoms with Gasteiger partial charge in [0.25, 0.3) is 11.8 Å². The maximum absolute atomic E-state index is 12.6. The molecule has 1 aliphatic carbocycles. The van der Waals surface area contributed by atoms with Crippen LogP contribution in [0.15, 0.2) is 48.5 Å². The average molecular weight is 397 g/mol. The molecule has 1 saturated carbocycles. The Bertz CT molecular complexity index is 912. The summed E-state index contributed by atoms with van der Waals surface area (Å²) in [4.78, 5) is 24.0. The number of ether oxygens (including phenoxy) is 1. The Morgan fingerprint density at radius 2 is 1.89 bits per heavy atom. The smallest absolute Gasteiger partial charge is 0.295 e. The van der Waals surface area contributed by atoms with E-state index in [4.69, 9.17) is 22.8 Å². The number of rotatable bonds is 6. The lowest BCUT2D eigenvalue weighted by Gasteiger charge is -2.48. The van der Waals surface area contributed by atoms with Crippen molar-refractivity contribution in [1.82, 2.24) is 10.6 Å². The zero-order chi connectivity index (χ0) is 20.1. The van der Waals surface area contributed by atoms with Crippen LogP contribution in [0.25, 0.3) is 0 Å². The van der Waals surface area contributed by atoms with Crippen molar-refractivity contribution in [2.24, 2.45) is 0 Å². The summed E-state index contributed by atoms with van der Waals surface area (Å²) in [5.41, 5.74) is 1.29. The summed E-state index contributed by atoms with van der Waals surface area (Å²) < 4.78 is 5.65. The van der Waals surface area contributed by atoms with Crippen molar-refractivity contribution in [2.75, 3.05) is 6.61 Å². The fourth-order valence-corrected chi connectivity index (χ4v) is 3.58. The molecule has 0 saturated heterocycles. The molecule has 2 aromatic carbocycles. The summed E-state index contributed by atoms with van der Waals surface area (Å²) in [6.07, 6.45) is 6.20. The van der Waals surface area contributed by atoms with Crippen molar-refractivity contribution in [3.05, 3.63) is 64.7 Å². The van der Waals surface area contributed by atoms with Gasteiger partial charge >= 0.3 is 0 Å². The highest BCUT2D eigenvalue weighted by Crippen LogP contribution is 2.42. The number of carbonyl (C=O) groups is 2. The van der Waals surface area contributed by atoms with Crippen molar-refractivity contribution in [3.8, 4) is 18.1 Å². The van der Waals surface area contributed by atoms with Crippen molar-refractivity contribution in [3.63, 3.8) is 0 Å². The third kappa shape index (κ3) is 4.47. The van der Waals surface area contributed by atoms with Crippen LogP contribution in [0.1, 0.15) is 24.0 Å². The third-order valence-electron chi connectivity index (χ3n) is 4.88. The Balaban J connectivity index is 1.69. The second-order valence-corrected chi connectivity index (χ2v) is 7.35. The Morgan fingerprint density at radius 1 is 1.21 bits per heavy atom. The van der Waals surface area contributed by atoms with Crippen LogP contribution in [0.3, 0.4) is 0 Å². The van der Waals surface area contributed by atoms with Gasteiger partial charge in [-0.2, -0.15) is 0 Å². The van der Waals surface area contributed by atoms with Crippen LogP contribution in [0, 0.1) is 19.3 Å². The summed E-state index contributed by atoms with van der Waals surface area (Å²) in [7, 11) is 0. The number of hydrogen-bond donors (Lipinski definition) is 2. The Morgan fingerprint density at radius 3 is 2.54 bits per heavy atom. The van der Waals surface area contributed by atoms with E-state index in [1.165, 1.54) is 0 Å². The van der Waals surface area contributed by atoms with Gasteiger partial charge in [-0.25, -0.2) is 0 Å². The van der Waals surface area contributed by atoms with E-state index in [1.807, 2.05) is 49.2 Å². The van der Waals surface area contributed by atoms with E-state index in [1.54, 1.807) is 12.1 Å². The molecule has 0 spiro atoms. The fourth-order valence-electron chi connectivity index (χ4n) is 3.45. The van der Waals surface area contributed by atoms with Crippen LogP contribution in [-0.2, 0) is 15.1 Å². The first kappa shape index (κ1) is 19.8. The Hall–Kier alpha value is -2.97. The zero-order valence-corrected chi connectivity index (χ0v) is 16.3. The van der Waals surface area contributed by atoms with Gasteiger partial charge < -0.3 is 15.4 Å². The van der Waals surface area contributed by atoms with E-state index in [0.717, 1.165) is 11.1 Å². The van der Waals surface area contributed by atoms with Crippen LogP contribution in [0.5, 0.6) is 5.75 Å². The molecule has 0 heterocycles. The van der Waals surface area contributed by atoms with Gasteiger partial charge in [-0.05, 0) is 55.0 Å². The largest absolute Gasteiger partial charge is 0.484 e. The number of benzene rings is 2. The van der Waals surface area contributed by atoms with Crippen LogP contribution < -0.4 is 15.4 Å². The summed E-state index contributed by atoms with van der Waals surface area (Å²) >= 11 is 5.99. The van der Waals surface area contributed by atoms with E-state index in [0.29, 0.717) is 23.6 Å². The molecule has 2 aromatic rings. The van der Waals surface area contributed by atoms with Crippen LogP contribution in [0.4, 0.5) is 0 Å². The van der Waals surface area contributed by atoms with Gasteiger partial charge in [-0.15, -0.1) is 6.42 Å². The molecule has 0 bridgehead atoms. The number of carbonyl (C=O) groups excluding carboxylic acids is 2. The maximum Gasteiger partial charge on any atom is 0.295 e. The van der Waals surface area contributed by atoms with Gasteiger partial charge in [0.05, 0.1) is 5.54 Å². The molecular formula is C22H21ClN2O3. The highest BCUT2D eigenvalue weighted by molar-refractivity contribution is 6.30. The van der Waals surface area contributed by atoms with Crippen molar-refractivity contribution in [2.45, 2.75) is 31.3 Å². The van der Waals surface area contributed by atoms with E-state index >= 15 is 0 Å². The minimum atomic E-state index is -0.594. The molecule has 2 N–H and O–H groups in total. The van der Waals surface area contributed by atoms with Crippen LogP contribution in [0.2, 0.25) is 5.02 Å². The lowest BCUT2D eigenvalue weighted by atomic mass is 9.68. The first-order valence-electron chi connectivity index (χ1n) is 8.94. The number of aryl methyl sites for hydroxylation is 1. The van der Waals surface area contributed by atoms with Gasteiger partial charge in [-0.3, -0.25) is 9.59 Å². The molecule has 0 aliphatic heterocycles. The highest BCUT2D eigenvalue weighted by atomic mass is 35.5. The van der Waals surface area contributed by atoms with Crippen LogP contribution in [-0.4, -0.2) is 24.5 Å². The fraction of sp³-hybridized carbons (Fsp3) is 0.273. The standard InChI is InChI=1S/C22H21ClN2O3/c1-3-20(26)24-18-12-22(13-18,16-8-10-17(23)11-9-16)25-21(27)14-28-19-7-5-4-6-15(19)2/h1,4-11,18H,12-14H2,2H3,(H,24,26)(H,25,27). The van der Waals surface area contributed by atoms with Crippen molar-refractivity contribution in [1.29, 1.82) is 0 Å². The topological polar surface area (TPSA) is 67.4 Å². The molecule has 1 aliphatic rings. The number of hydrogen-bond acceptors (Lipinski definition) is 3. The molecule has 0 radical (unpaired) electrons. The normalized spacial score (nSPS) is 20.4. The number of halogens is 1. The first-order valence-corrected chi connectivity index (χ1v) is 9.32. The second-order valence-electron chi connectivity index (χ2n) is 6.91. The minimum absolute atomic E-state index is 0.0957. The Kier molecular flexibility index (Phi) is 5.91. The van der Waals surface area contributed by atoms with Crippen molar-refractivity contribution < 1.29 is 14.3 Å². The van der Waals surface area contributed by atoms with Gasteiger partial charge in [0.2, 0.25) is 0 Å². The highest BCUT2D eigenvalue weighted by Gasteiger charge is 2.47. The Labute approximate surface area is 169 Å². The maximum atomic E-state index is 12.6. The quantitative estimate of drug-likeness (QED) is 0.738. The molecule has 2 amide bonds. The predicted octanol–water partition coefficient (Wildman–Crippen LogP) is 2.95. The molecule has 0 unspecified atom stereocenters. The molecule has 6 heteroatoms. The van der Waals surface area contributed by atoms with Gasteiger partial charge in [0, 0.05) is 11.1 Å². The summed E-state index contributed by atoms with van der Waals surface area (Å²) in [5.74, 6) is 2.03. The summed E-state index contributed by atoms with van der Waals surface area (Å²) in [5, 5.41) is 6.44. The zero-order valence-electron chi connectivity index (χ0n) is 15.5. The molecule has 5 nitrogen and oxygen atoms in total. The monoisotopic (exact) mass is 396 g/mol. The van der Waals surface area contributed by atoms with E-state index in [-0.39, 0.29) is 18.6 Å². The molecule has 0 aromatic heterocycles. The predicted molar refractivity (Wildman–Crippen MR) is 108 cm³/mol. The third-order valence-corrected chi connectivity index (χ3v) is 5.14. The van der Waals surface area contributed by atoms with E-state index < -0.39 is 11.4 Å². The molecule has 144 valence electrons. The summed E-state index contributed by atoms with van der Waals surface area (Å²) in [6, 6.07) is 14.7. The van der Waals surface area contributed by atoms with Gasteiger partial charge in [-0.1, -0.05) is 41.9 Å². The SMILES string of the molecule is C#CC(=O)NC1CC(NC(=O)COc2ccccc2C)(c2ccc(Cl)cc2)C1. The molecule has 1 fully saturated rings. The van der Waals surface area contributed by atoms with Gasteiger partial charge in [0.15, 0.2) is 6.61 Å². The molecule has 0 atom stereocenters. The van der Waals surface area contributed by atoms with E-state index in [2.05, 4.69) is 10.6 Å². The van der Waals surface area contributed by atoms with Crippen molar-refractivity contribution >= 4 is 23.4 Å². The lowest BCUT2D eigenvalue weighted by Crippen LogP contribution is -2.61. The molecule has 3 rings (SSSR count). The van der Waals surface area contributed by atoms with E-state index in [9.17, 15) is 9.59 Å². The number of nitrogens with one attached hydrogen (secondary N) is 2. The number of amides is 2. The second kappa shape index (κ2) is 8.37. The molecule has 28 heavy (non-hydrogen) atoms. The number of para-hydroxylation sites is 1. The lowest BCUT2D eigenvalue weighted by molar-refractivity contribution is -0.127.